The first-order valence-electron chi connectivity index (χ1n) is 4.00. The molecule has 0 amide bonds. The number of aliphatic hydroxyl groups excluding tert-OH is 3. The van der Waals surface area contributed by atoms with E-state index in [4.69, 9.17) is 0 Å². The normalized spacial score (nSPS) is 25.2. The van der Waals surface area contributed by atoms with Gasteiger partial charge in [-0.1, -0.05) is 0 Å². The first-order chi connectivity index (χ1) is 5.39. The number of hydrogen-bond donors (Lipinski definition) is 3. The Bertz CT molecular complexity index is 117. The van der Waals surface area contributed by atoms with Crippen LogP contribution in [-0.2, 0) is 0 Å². The summed E-state index contributed by atoms with van der Waals surface area (Å²) in [6, 6.07) is 0. The molecule has 0 bridgehead atoms. The van der Waals surface area contributed by atoms with E-state index in [1.54, 1.807) is 20.8 Å². The standard InChI is InChI=1S/C7H19NO3P/c1-5(9)8(12-4,6(2)10)7(3)11/h5-7,9-12H,1-4H3/q+1. The third-order valence-electron chi connectivity index (χ3n) is 2.24. The van der Waals surface area contributed by atoms with Gasteiger partial charge in [-0.05, 0) is 0 Å². The quantitative estimate of drug-likeness (QED) is 0.439. The Hall–Kier alpha value is 0.270. The minimum Gasteiger partial charge on any atom is -0.345 e. The highest BCUT2D eigenvalue weighted by Gasteiger charge is 2.40. The van der Waals surface area contributed by atoms with E-state index in [1.165, 1.54) is 0 Å². The molecule has 4 nitrogen and oxygen atoms in total. The number of aliphatic hydroxyl groups is 3. The summed E-state index contributed by atoms with van der Waals surface area (Å²) < 4.78 is -0.0694. The molecule has 0 aliphatic rings. The summed E-state index contributed by atoms with van der Waals surface area (Å²) in [6.07, 6.45) is -2.27. The van der Waals surface area contributed by atoms with Crippen molar-refractivity contribution in [2.24, 2.45) is 0 Å². The van der Waals surface area contributed by atoms with Gasteiger partial charge in [0, 0.05) is 27.4 Å². The number of quaternary nitrogens is 1. The first kappa shape index (κ1) is 12.3. The van der Waals surface area contributed by atoms with Crippen LogP contribution < -0.4 is 0 Å². The molecule has 0 fully saturated rings. The van der Waals surface area contributed by atoms with E-state index in [0.29, 0.717) is 0 Å². The number of rotatable bonds is 4. The molecule has 0 radical (unpaired) electrons. The zero-order valence-corrected chi connectivity index (χ0v) is 9.02. The van der Waals surface area contributed by atoms with Crippen molar-refractivity contribution in [1.82, 2.24) is 0 Å². The molecule has 4 unspecified atom stereocenters. The fraction of sp³-hybridized carbons (Fsp3) is 1.00. The zero-order valence-electron chi connectivity index (χ0n) is 8.02. The summed E-state index contributed by atoms with van der Waals surface area (Å²) in [5.74, 6) is 0. The lowest BCUT2D eigenvalue weighted by molar-refractivity contribution is -0.937. The lowest BCUT2D eigenvalue weighted by Crippen LogP contribution is -2.58. The van der Waals surface area contributed by atoms with Gasteiger partial charge in [-0.2, -0.15) is 0 Å². The molecular formula is C7H19NO3P+. The van der Waals surface area contributed by atoms with Crippen LogP contribution in [0.15, 0.2) is 0 Å². The van der Waals surface area contributed by atoms with Gasteiger partial charge in [0.15, 0.2) is 18.7 Å². The fourth-order valence-electron chi connectivity index (χ4n) is 1.50. The van der Waals surface area contributed by atoms with Crippen LogP contribution in [0.3, 0.4) is 0 Å². The van der Waals surface area contributed by atoms with E-state index in [2.05, 4.69) is 0 Å². The van der Waals surface area contributed by atoms with Crippen molar-refractivity contribution in [2.45, 2.75) is 39.5 Å². The second-order valence-corrected chi connectivity index (χ2v) is 4.18. The molecule has 4 atom stereocenters. The van der Waals surface area contributed by atoms with E-state index < -0.39 is 18.7 Å². The van der Waals surface area contributed by atoms with Crippen molar-refractivity contribution in [1.29, 1.82) is 0 Å². The lowest BCUT2D eigenvalue weighted by Gasteiger charge is -2.43. The van der Waals surface area contributed by atoms with E-state index >= 15 is 0 Å². The molecule has 0 aliphatic carbocycles. The fourth-order valence-corrected chi connectivity index (χ4v) is 2.62. The third-order valence-corrected chi connectivity index (χ3v) is 4.14. The van der Waals surface area contributed by atoms with Crippen molar-refractivity contribution in [3.63, 3.8) is 0 Å². The van der Waals surface area contributed by atoms with Crippen LogP contribution in [-0.4, -0.2) is 44.9 Å². The topological polar surface area (TPSA) is 60.7 Å². The highest BCUT2D eigenvalue weighted by Crippen LogP contribution is 2.34. The Morgan fingerprint density at radius 3 is 1.17 bits per heavy atom. The average molecular weight is 196 g/mol. The molecule has 3 N–H and O–H groups in total. The highest BCUT2D eigenvalue weighted by molar-refractivity contribution is 7.30. The molecular weight excluding hydrogens is 177 g/mol. The van der Waals surface area contributed by atoms with Crippen molar-refractivity contribution < 1.29 is 19.6 Å². The molecule has 0 aliphatic heterocycles. The van der Waals surface area contributed by atoms with Crippen LogP contribution >= 0.6 is 8.73 Å². The molecule has 74 valence electrons. The van der Waals surface area contributed by atoms with Gasteiger partial charge in [0.1, 0.15) is 0 Å². The van der Waals surface area contributed by atoms with Crippen molar-refractivity contribution in [2.75, 3.05) is 6.66 Å². The predicted molar refractivity (Wildman–Crippen MR) is 49.5 cm³/mol. The summed E-state index contributed by atoms with van der Waals surface area (Å²) in [5.41, 5.74) is 0. The van der Waals surface area contributed by atoms with Crippen LogP contribution in [0.4, 0.5) is 0 Å². The third kappa shape index (κ3) is 1.95. The molecule has 0 aromatic heterocycles. The van der Waals surface area contributed by atoms with Gasteiger partial charge in [-0.3, -0.25) is 0 Å². The average Bonchev–Trinajstić information content (AvgIpc) is 1.86. The van der Waals surface area contributed by atoms with Gasteiger partial charge in [0.25, 0.3) is 0 Å². The molecule has 12 heavy (non-hydrogen) atoms. The van der Waals surface area contributed by atoms with Crippen molar-refractivity contribution in [3.05, 3.63) is 0 Å². The van der Waals surface area contributed by atoms with Crippen LogP contribution in [0.25, 0.3) is 0 Å². The Morgan fingerprint density at radius 1 is 0.917 bits per heavy atom. The van der Waals surface area contributed by atoms with E-state index in [0.717, 1.165) is 0 Å². The smallest absolute Gasteiger partial charge is 0.192 e. The molecule has 0 aromatic carbocycles. The van der Waals surface area contributed by atoms with Crippen LogP contribution in [0, 0.1) is 0 Å². The Kier molecular flexibility index (Phi) is 4.59. The molecule has 0 heterocycles. The molecule has 0 saturated heterocycles. The van der Waals surface area contributed by atoms with Crippen molar-refractivity contribution in [3.8, 4) is 0 Å². The Morgan fingerprint density at radius 2 is 1.17 bits per heavy atom. The summed E-state index contributed by atoms with van der Waals surface area (Å²) in [7, 11) is 0.248. The van der Waals surface area contributed by atoms with E-state index in [9.17, 15) is 15.3 Å². The lowest BCUT2D eigenvalue weighted by atomic mass is 10.4. The highest BCUT2D eigenvalue weighted by atomic mass is 31.1. The maximum Gasteiger partial charge on any atom is 0.192 e. The number of hydrogen-bond acceptors (Lipinski definition) is 3. The molecule has 0 aromatic rings. The summed E-state index contributed by atoms with van der Waals surface area (Å²) >= 11 is 0. The minimum atomic E-state index is -0.756. The van der Waals surface area contributed by atoms with Gasteiger partial charge in [0.2, 0.25) is 0 Å². The van der Waals surface area contributed by atoms with Gasteiger partial charge in [-0.15, -0.1) is 0 Å². The molecule has 0 saturated carbocycles. The van der Waals surface area contributed by atoms with Gasteiger partial charge >= 0.3 is 0 Å². The molecule has 5 heteroatoms. The monoisotopic (exact) mass is 196 g/mol. The largest absolute Gasteiger partial charge is 0.345 e. The summed E-state index contributed by atoms with van der Waals surface area (Å²) in [5, 5.41) is 28.4. The van der Waals surface area contributed by atoms with E-state index in [1.807, 2.05) is 6.66 Å². The molecule has 0 rings (SSSR count). The second kappa shape index (κ2) is 4.49. The SMILES string of the molecule is CP[N+](C(C)O)(C(C)O)C(C)O. The zero-order chi connectivity index (χ0) is 9.94. The van der Waals surface area contributed by atoms with Gasteiger partial charge in [0.05, 0.1) is 8.73 Å². The second-order valence-electron chi connectivity index (χ2n) is 2.95. The maximum atomic E-state index is 9.46. The Balaban J connectivity index is 4.77. The van der Waals surface area contributed by atoms with Crippen LogP contribution in [0.1, 0.15) is 20.8 Å². The van der Waals surface area contributed by atoms with Gasteiger partial charge in [-0.25, -0.2) is 4.25 Å². The minimum absolute atomic E-state index is 0.0694. The van der Waals surface area contributed by atoms with Crippen LogP contribution in [0.5, 0.6) is 0 Å². The molecule has 0 spiro atoms. The van der Waals surface area contributed by atoms with Gasteiger partial charge < -0.3 is 15.3 Å². The predicted octanol–water partition coefficient (Wildman–Crippen LogP) is 0.0414. The summed E-state index contributed by atoms with van der Waals surface area (Å²) in [6.45, 7) is 6.59. The maximum absolute atomic E-state index is 9.46. The first-order valence-corrected chi connectivity index (χ1v) is 5.45. The van der Waals surface area contributed by atoms with E-state index in [-0.39, 0.29) is 13.0 Å². The summed E-state index contributed by atoms with van der Waals surface area (Å²) in [4.78, 5) is 0. The number of nitrogens with zero attached hydrogens (tertiary/aromatic N) is 1. The van der Waals surface area contributed by atoms with Crippen LogP contribution in [0.2, 0.25) is 0 Å². The van der Waals surface area contributed by atoms with Crippen molar-refractivity contribution >= 4 is 8.73 Å². The Labute approximate surface area is 75.3 Å².